The van der Waals surface area contributed by atoms with Crippen LogP contribution < -0.4 is 9.64 Å². The zero-order chi connectivity index (χ0) is 20.8. The zero-order valence-electron chi connectivity index (χ0n) is 17.5. The van der Waals surface area contributed by atoms with Crippen LogP contribution in [-0.2, 0) is 11.3 Å². The highest BCUT2D eigenvalue weighted by Gasteiger charge is 2.30. The predicted octanol–water partition coefficient (Wildman–Crippen LogP) is 2.24. The molecule has 0 bridgehead atoms. The van der Waals surface area contributed by atoms with Crippen molar-refractivity contribution in [1.82, 2.24) is 25.1 Å². The van der Waals surface area contributed by atoms with Crippen LogP contribution in [-0.4, -0.2) is 72.1 Å². The molecule has 0 spiro atoms. The van der Waals surface area contributed by atoms with E-state index in [0.29, 0.717) is 13.2 Å². The summed E-state index contributed by atoms with van der Waals surface area (Å²) in [7, 11) is 3.37. The van der Waals surface area contributed by atoms with E-state index in [0.717, 1.165) is 43.3 Å². The highest BCUT2D eigenvalue weighted by molar-refractivity contribution is 5.46. The number of ether oxygens (including phenoxy) is 2. The minimum atomic E-state index is -0.0271. The van der Waals surface area contributed by atoms with Crippen LogP contribution in [0.15, 0.2) is 54.6 Å². The predicted molar refractivity (Wildman–Crippen MR) is 115 cm³/mol. The fourth-order valence-electron chi connectivity index (χ4n) is 3.93. The van der Waals surface area contributed by atoms with Crippen LogP contribution in [0.2, 0.25) is 0 Å². The third kappa shape index (κ3) is 4.44. The number of hydrogen-bond acceptors (Lipinski definition) is 7. The average Bonchev–Trinajstić information content (AvgIpc) is 3.27. The van der Waals surface area contributed by atoms with Gasteiger partial charge in [0.2, 0.25) is 0 Å². The maximum atomic E-state index is 5.34. The zero-order valence-corrected chi connectivity index (χ0v) is 17.5. The SMILES string of the molecule is COCCn1nnnc1[C@H](c1ccc(OC)cc1)N1CCN(c2ccccc2)CC1. The van der Waals surface area contributed by atoms with E-state index in [9.17, 15) is 0 Å². The second-order valence-electron chi connectivity index (χ2n) is 7.29. The van der Waals surface area contributed by atoms with Crippen molar-refractivity contribution in [2.75, 3.05) is 51.9 Å². The average molecular weight is 409 g/mol. The fourth-order valence-corrected chi connectivity index (χ4v) is 3.93. The number of hydrogen-bond donors (Lipinski definition) is 0. The van der Waals surface area contributed by atoms with Crippen molar-refractivity contribution in [1.29, 1.82) is 0 Å². The van der Waals surface area contributed by atoms with Crippen LogP contribution in [0.4, 0.5) is 5.69 Å². The van der Waals surface area contributed by atoms with Crippen molar-refractivity contribution < 1.29 is 9.47 Å². The molecular formula is C22H28N6O2. The first-order chi connectivity index (χ1) is 14.8. The minimum absolute atomic E-state index is 0.0271. The van der Waals surface area contributed by atoms with E-state index in [1.54, 1.807) is 14.2 Å². The number of methoxy groups -OCH3 is 2. The molecule has 8 heteroatoms. The number of tetrazole rings is 1. The van der Waals surface area contributed by atoms with Gasteiger partial charge in [0.25, 0.3) is 0 Å². The largest absolute Gasteiger partial charge is 0.497 e. The van der Waals surface area contributed by atoms with Crippen molar-refractivity contribution in [3.63, 3.8) is 0 Å². The molecule has 4 rings (SSSR count). The molecule has 1 fully saturated rings. The van der Waals surface area contributed by atoms with Gasteiger partial charge in [-0.25, -0.2) is 4.68 Å². The topological polar surface area (TPSA) is 68.5 Å². The summed E-state index contributed by atoms with van der Waals surface area (Å²) in [6.45, 7) is 4.93. The van der Waals surface area contributed by atoms with Crippen LogP contribution in [0.3, 0.4) is 0 Å². The number of rotatable bonds is 8. The summed E-state index contributed by atoms with van der Waals surface area (Å²) in [5.74, 6) is 1.68. The first-order valence-corrected chi connectivity index (χ1v) is 10.2. The Morgan fingerprint density at radius 3 is 2.33 bits per heavy atom. The van der Waals surface area contributed by atoms with Gasteiger partial charge in [-0.05, 0) is 40.3 Å². The lowest BCUT2D eigenvalue weighted by Crippen LogP contribution is -2.48. The van der Waals surface area contributed by atoms with Gasteiger partial charge in [0.15, 0.2) is 5.82 Å². The number of anilines is 1. The molecular weight excluding hydrogens is 380 g/mol. The Hall–Kier alpha value is -2.97. The molecule has 8 nitrogen and oxygen atoms in total. The van der Waals surface area contributed by atoms with Gasteiger partial charge in [0.1, 0.15) is 5.75 Å². The van der Waals surface area contributed by atoms with Gasteiger partial charge < -0.3 is 14.4 Å². The molecule has 0 N–H and O–H groups in total. The van der Waals surface area contributed by atoms with Gasteiger partial charge in [0, 0.05) is 39.0 Å². The maximum absolute atomic E-state index is 5.34. The molecule has 158 valence electrons. The van der Waals surface area contributed by atoms with E-state index in [2.05, 4.69) is 67.8 Å². The quantitative estimate of drug-likeness (QED) is 0.566. The van der Waals surface area contributed by atoms with Crippen molar-refractivity contribution in [3.8, 4) is 5.75 Å². The number of benzene rings is 2. The fraction of sp³-hybridized carbons (Fsp3) is 0.409. The van der Waals surface area contributed by atoms with Gasteiger partial charge in [0.05, 0.1) is 26.3 Å². The number of nitrogens with zero attached hydrogens (tertiary/aromatic N) is 6. The van der Waals surface area contributed by atoms with E-state index < -0.39 is 0 Å². The smallest absolute Gasteiger partial charge is 0.173 e. The second-order valence-corrected chi connectivity index (χ2v) is 7.29. The molecule has 1 atom stereocenters. The molecule has 1 saturated heterocycles. The summed E-state index contributed by atoms with van der Waals surface area (Å²) in [5.41, 5.74) is 2.42. The van der Waals surface area contributed by atoms with E-state index in [-0.39, 0.29) is 6.04 Å². The molecule has 2 heterocycles. The Kier molecular flexibility index (Phi) is 6.56. The van der Waals surface area contributed by atoms with Crippen molar-refractivity contribution in [3.05, 3.63) is 66.0 Å². The Bertz CT molecular complexity index is 907. The Morgan fingerprint density at radius 2 is 1.67 bits per heavy atom. The first-order valence-electron chi connectivity index (χ1n) is 10.2. The third-order valence-electron chi connectivity index (χ3n) is 5.54. The molecule has 0 unspecified atom stereocenters. The van der Waals surface area contributed by atoms with Crippen LogP contribution in [0.5, 0.6) is 5.75 Å². The molecule has 2 aromatic carbocycles. The van der Waals surface area contributed by atoms with Gasteiger partial charge in [-0.1, -0.05) is 30.3 Å². The molecule has 1 aliphatic rings. The highest BCUT2D eigenvalue weighted by atomic mass is 16.5. The van der Waals surface area contributed by atoms with Crippen LogP contribution in [0, 0.1) is 0 Å². The molecule has 3 aromatic rings. The lowest BCUT2D eigenvalue weighted by Gasteiger charge is -2.40. The number of piperazine rings is 1. The third-order valence-corrected chi connectivity index (χ3v) is 5.54. The normalized spacial score (nSPS) is 15.9. The number of para-hydroxylation sites is 1. The lowest BCUT2D eigenvalue weighted by atomic mass is 10.0. The van der Waals surface area contributed by atoms with Gasteiger partial charge in [-0.15, -0.1) is 5.10 Å². The van der Waals surface area contributed by atoms with Crippen LogP contribution >= 0.6 is 0 Å². The summed E-state index contributed by atoms with van der Waals surface area (Å²) >= 11 is 0. The van der Waals surface area contributed by atoms with E-state index in [4.69, 9.17) is 9.47 Å². The van der Waals surface area contributed by atoms with E-state index in [1.807, 2.05) is 16.8 Å². The molecule has 30 heavy (non-hydrogen) atoms. The standard InChI is InChI=1S/C22H28N6O2/c1-29-17-16-28-22(23-24-25-28)21(18-8-10-20(30-2)11-9-18)27-14-12-26(13-15-27)19-6-4-3-5-7-19/h3-11,21H,12-17H2,1-2H3/t21-/m0/s1. The monoisotopic (exact) mass is 408 g/mol. The molecule has 1 aromatic heterocycles. The summed E-state index contributed by atoms with van der Waals surface area (Å²) in [6.07, 6.45) is 0. The summed E-state index contributed by atoms with van der Waals surface area (Å²) in [4.78, 5) is 4.88. The first kappa shape index (κ1) is 20.3. The Morgan fingerprint density at radius 1 is 0.933 bits per heavy atom. The summed E-state index contributed by atoms with van der Waals surface area (Å²) in [5, 5.41) is 12.6. The Labute approximate surface area is 177 Å². The van der Waals surface area contributed by atoms with Gasteiger partial charge in [-0.2, -0.15) is 0 Å². The van der Waals surface area contributed by atoms with Gasteiger partial charge >= 0.3 is 0 Å². The summed E-state index contributed by atoms with van der Waals surface area (Å²) in [6, 6.07) is 18.7. The lowest BCUT2D eigenvalue weighted by molar-refractivity contribution is 0.171. The van der Waals surface area contributed by atoms with Crippen molar-refractivity contribution in [2.45, 2.75) is 12.6 Å². The second kappa shape index (κ2) is 9.69. The molecule has 1 aliphatic heterocycles. The molecule has 0 saturated carbocycles. The number of aromatic nitrogens is 4. The maximum Gasteiger partial charge on any atom is 0.173 e. The minimum Gasteiger partial charge on any atom is -0.497 e. The molecule has 0 amide bonds. The van der Waals surface area contributed by atoms with E-state index in [1.165, 1.54) is 5.69 Å². The van der Waals surface area contributed by atoms with Crippen LogP contribution in [0.25, 0.3) is 0 Å². The van der Waals surface area contributed by atoms with E-state index >= 15 is 0 Å². The van der Waals surface area contributed by atoms with Crippen molar-refractivity contribution in [2.24, 2.45) is 0 Å². The van der Waals surface area contributed by atoms with Crippen LogP contribution in [0.1, 0.15) is 17.4 Å². The van der Waals surface area contributed by atoms with Gasteiger partial charge in [-0.3, -0.25) is 4.90 Å². The van der Waals surface area contributed by atoms with Crippen molar-refractivity contribution >= 4 is 5.69 Å². The Balaban J connectivity index is 1.59. The molecule has 0 aliphatic carbocycles. The highest BCUT2D eigenvalue weighted by Crippen LogP contribution is 2.30. The summed E-state index contributed by atoms with van der Waals surface area (Å²) < 4.78 is 12.4. The molecule has 0 radical (unpaired) electrons.